The van der Waals surface area contributed by atoms with Gasteiger partial charge < -0.3 is 14.7 Å². The summed E-state index contributed by atoms with van der Waals surface area (Å²) in [6, 6.07) is 2.03. The summed E-state index contributed by atoms with van der Waals surface area (Å²) in [4.78, 5) is 6.47. The molecular weight excluding hydrogens is 330 g/mol. The van der Waals surface area contributed by atoms with Crippen molar-refractivity contribution in [2.24, 2.45) is 10.4 Å². The molecule has 1 aliphatic heterocycles. The molecule has 1 aromatic heterocycles. The van der Waals surface area contributed by atoms with E-state index in [0.717, 1.165) is 12.4 Å². The zero-order valence-corrected chi connectivity index (χ0v) is 15.2. The quantitative estimate of drug-likeness (QED) is 0.625. The first-order chi connectivity index (χ1) is 11.3. The normalized spacial score (nSPS) is 24.9. The van der Waals surface area contributed by atoms with Gasteiger partial charge in [-0.2, -0.15) is 4.31 Å². The van der Waals surface area contributed by atoms with Crippen LogP contribution in [0.4, 0.5) is 0 Å². The van der Waals surface area contributed by atoms with Crippen LogP contribution in [-0.2, 0) is 15.8 Å². The van der Waals surface area contributed by atoms with Crippen molar-refractivity contribution in [2.75, 3.05) is 33.2 Å². The SMILES string of the molecule is CN=C(NC1CC1(C)C)N1CCN(S(=O)(=O)Cc2ccon2)CC1. The highest BCUT2D eigenvalue weighted by Gasteiger charge is 2.46. The molecule has 3 rings (SSSR count). The van der Waals surface area contributed by atoms with Crippen molar-refractivity contribution in [1.29, 1.82) is 0 Å². The molecule has 0 aromatic carbocycles. The maximum atomic E-state index is 12.5. The van der Waals surface area contributed by atoms with Gasteiger partial charge in [0, 0.05) is 45.3 Å². The van der Waals surface area contributed by atoms with E-state index in [1.807, 2.05) is 0 Å². The molecule has 2 aliphatic rings. The topological polar surface area (TPSA) is 91.0 Å². The summed E-state index contributed by atoms with van der Waals surface area (Å²) in [6.07, 6.45) is 2.52. The summed E-state index contributed by atoms with van der Waals surface area (Å²) < 4.78 is 31.1. The number of nitrogens with zero attached hydrogens (tertiary/aromatic N) is 4. The minimum atomic E-state index is -3.37. The maximum absolute atomic E-state index is 12.5. The lowest BCUT2D eigenvalue weighted by Crippen LogP contribution is -2.54. The van der Waals surface area contributed by atoms with E-state index in [2.05, 4.69) is 34.2 Å². The molecule has 134 valence electrons. The molecule has 1 N–H and O–H groups in total. The third-order valence-electron chi connectivity index (χ3n) is 4.78. The Kier molecular flexibility index (Phi) is 4.56. The standard InChI is InChI=1S/C15H25N5O3S/c1-15(2)10-13(15)17-14(16-3)19-5-7-20(8-6-19)24(21,22)11-12-4-9-23-18-12/h4,9,13H,5-8,10-11H2,1-3H3,(H,16,17). The lowest BCUT2D eigenvalue weighted by Gasteiger charge is -2.36. The van der Waals surface area contributed by atoms with Crippen LogP contribution in [0.2, 0.25) is 0 Å². The number of rotatable bonds is 4. The van der Waals surface area contributed by atoms with E-state index in [4.69, 9.17) is 4.52 Å². The maximum Gasteiger partial charge on any atom is 0.220 e. The van der Waals surface area contributed by atoms with E-state index >= 15 is 0 Å². The molecule has 1 unspecified atom stereocenters. The van der Waals surface area contributed by atoms with E-state index in [-0.39, 0.29) is 5.75 Å². The van der Waals surface area contributed by atoms with Gasteiger partial charge in [-0.25, -0.2) is 8.42 Å². The Morgan fingerprint density at radius 3 is 2.58 bits per heavy atom. The predicted molar refractivity (Wildman–Crippen MR) is 91.0 cm³/mol. The highest BCUT2D eigenvalue weighted by atomic mass is 32.2. The largest absolute Gasteiger partial charge is 0.364 e. The van der Waals surface area contributed by atoms with Gasteiger partial charge in [-0.05, 0) is 11.8 Å². The van der Waals surface area contributed by atoms with Crippen molar-refractivity contribution in [3.8, 4) is 0 Å². The van der Waals surface area contributed by atoms with Crippen LogP contribution < -0.4 is 5.32 Å². The van der Waals surface area contributed by atoms with Crippen LogP contribution in [0.15, 0.2) is 21.8 Å². The Labute approximate surface area is 142 Å². The summed E-state index contributed by atoms with van der Waals surface area (Å²) in [7, 11) is -1.60. The van der Waals surface area contributed by atoms with Crippen molar-refractivity contribution in [2.45, 2.75) is 32.1 Å². The van der Waals surface area contributed by atoms with Crippen LogP contribution in [0.1, 0.15) is 26.0 Å². The lowest BCUT2D eigenvalue weighted by molar-refractivity contribution is 0.259. The number of hydrogen-bond donors (Lipinski definition) is 1. The molecule has 1 saturated carbocycles. The molecule has 0 radical (unpaired) electrons. The Balaban J connectivity index is 1.55. The van der Waals surface area contributed by atoms with E-state index < -0.39 is 10.0 Å². The molecule has 0 spiro atoms. The second-order valence-electron chi connectivity index (χ2n) is 7.07. The highest BCUT2D eigenvalue weighted by molar-refractivity contribution is 7.88. The molecule has 0 amide bonds. The van der Waals surface area contributed by atoms with Crippen molar-refractivity contribution >= 4 is 16.0 Å². The van der Waals surface area contributed by atoms with Gasteiger partial charge in [-0.1, -0.05) is 19.0 Å². The van der Waals surface area contributed by atoms with Gasteiger partial charge in [0.25, 0.3) is 0 Å². The molecule has 2 fully saturated rings. The van der Waals surface area contributed by atoms with Gasteiger partial charge in [0.05, 0.1) is 5.69 Å². The van der Waals surface area contributed by atoms with Crippen LogP contribution in [0.25, 0.3) is 0 Å². The minimum Gasteiger partial charge on any atom is -0.364 e. The Bertz CT molecular complexity index is 691. The van der Waals surface area contributed by atoms with Gasteiger partial charge in [-0.15, -0.1) is 0 Å². The van der Waals surface area contributed by atoms with Crippen molar-refractivity contribution in [3.05, 3.63) is 18.0 Å². The Morgan fingerprint density at radius 2 is 2.08 bits per heavy atom. The number of hydrogen-bond acceptors (Lipinski definition) is 5. The molecule has 1 aliphatic carbocycles. The van der Waals surface area contributed by atoms with Crippen LogP contribution in [0.3, 0.4) is 0 Å². The number of aliphatic imine (C=N–C) groups is 1. The first-order valence-corrected chi connectivity index (χ1v) is 9.78. The van der Waals surface area contributed by atoms with Crippen LogP contribution in [0.5, 0.6) is 0 Å². The monoisotopic (exact) mass is 355 g/mol. The zero-order valence-electron chi connectivity index (χ0n) is 14.4. The fourth-order valence-corrected chi connectivity index (χ4v) is 4.36. The Morgan fingerprint density at radius 1 is 1.42 bits per heavy atom. The van der Waals surface area contributed by atoms with E-state index in [1.54, 1.807) is 13.1 Å². The van der Waals surface area contributed by atoms with Gasteiger partial charge in [-0.3, -0.25) is 4.99 Å². The molecule has 2 heterocycles. The molecule has 9 heteroatoms. The molecule has 1 saturated heterocycles. The summed E-state index contributed by atoms with van der Waals surface area (Å²) in [5.74, 6) is 0.742. The first kappa shape index (κ1) is 17.2. The number of nitrogens with one attached hydrogen (secondary N) is 1. The second kappa shape index (κ2) is 6.36. The van der Waals surface area contributed by atoms with Crippen molar-refractivity contribution in [3.63, 3.8) is 0 Å². The average Bonchev–Trinajstić information content (AvgIpc) is 2.90. The van der Waals surface area contributed by atoms with E-state index in [1.165, 1.54) is 10.6 Å². The molecule has 8 nitrogen and oxygen atoms in total. The summed E-state index contributed by atoms with van der Waals surface area (Å²) in [5.41, 5.74) is 0.754. The van der Waals surface area contributed by atoms with Gasteiger partial charge in [0.2, 0.25) is 10.0 Å². The van der Waals surface area contributed by atoms with Crippen molar-refractivity contribution < 1.29 is 12.9 Å². The molecule has 1 atom stereocenters. The summed E-state index contributed by atoms with van der Waals surface area (Å²) in [6.45, 7) is 6.62. The first-order valence-electron chi connectivity index (χ1n) is 8.17. The van der Waals surface area contributed by atoms with Crippen LogP contribution in [0, 0.1) is 5.41 Å². The average molecular weight is 355 g/mol. The van der Waals surface area contributed by atoms with Gasteiger partial charge in [0.15, 0.2) is 5.96 Å². The number of sulfonamides is 1. The Hall–Kier alpha value is -1.61. The zero-order chi connectivity index (χ0) is 17.4. The molecule has 24 heavy (non-hydrogen) atoms. The third-order valence-corrected chi connectivity index (χ3v) is 6.59. The minimum absolute atomic E-state index is 0.118. The fraction of sp³-hybridized carbons (Fsp3) is 0.733. The van der Waals surface area contributed by atoms with Crippen molar-refractivity contribution in [1.82, 2.24) is 19.7 Å². The summed E-state index contributed by atoms with van der Waals surface area (Å²) in [5, 5.41) is 7.16. The van der Waals surface area contributed by atoms with Gasteiger partial charge in [0.1, 0.15) is 12.0 Å². The van der Waals surface area contributed by atoms with Crippen LogP contribution in [-0.4, -0.2) is 68.0 Å². The third kappa shape index (κ3) is 3.72. The molecule has 0 bridgehead atoms. The van der Waals surface area contributed by atoms with Gasteiger partial charge >= 0.3 is 0 Å². The second-order valence-corrected chi connectivity index (χ2v) is 9.04. The highest BCUT2D eigenvalue weighted by Crippen LogP contribution is 2.44. The molecular formula is C15H25N5O3S. The van der Waals surface area contributed by atoms with Crippen LogP contribution >= 0.6 is 0 Å². The summed E-state index contributed by atoms with van der Waals surface area (Å²) >= 11 is 0. The predicted octanol–water partition coefficient (Wildman–Crippen LogP) is 0.496. The smallest absolute Gasteiger partial charge is 0.220 e. The van der Waals surface area contributed by atoms with E-state index in [0.29, 0.717) is 43.3 Å². The van der Waals surface area contributed by atoms with E-state index in [9.17, 15) is 8.42 Å². The lowest BCUT2D eigenvalue weighted by atomic mass is 10.2. The number of guanidine groups is 1. The number of piperazine rings is 1. The fourth-order valence-electron chi connectivity index (χ4n) is 2.93. The molecule has 1 aromatic rings. The number of aromatic nitrogens is 1.